The summed E-state index contributed by atoms with van der Waals surface area (Å²) in [6.45, 7) is 3.45. The normalized spacial score (nSPS) is 16.5. The van der Waals surface area contributed by atoms with Gasteiger partial charge in [0.25, 0.3) is 0 Å². The highest BCUT2D eigenvalue weighted by molar-refractivity contribution is 6.04. The van der Waals surface area contributed by atoms with Gasteiger partial charge < -0.3 is 19.9 Å². The summed E-state index contributed by atoms with van der Waals surface area (Å²) in [5.41, 5.74) is 1.53. The molecule has 6 nitrogen and oxygen atoms in total. The van der Waals surface area contributed by atoms with Crippen LogP contribution < -0.4 is 4.90 Å². The number of H-pyrrole nitrogens is 1. The van der Waals surface area contributed by atoms with Crippen LogP contribution in [0, 0.1) is 16.7 Å². The van der Waals surface area contributed by atoms with Crippen molar-refractivity contribution in [2.75, 3.05) is 33.2 Å². The molecule has 6 heteroatoms. The number of nitrogens with one attached hydrogen (secondary N) is 3. The molecular formula is C17H20N5O+. The van der Waals surface area contributed by atoms with E-state index in [0.29, 0.717) is 11.1 Å². The molecule has 1 aliphatic rings. The Balaban J connectivity index is 1.90. The Morgan fingerprint density at radius 2 is 2.09 bits per heavy atom. The number of hydrogen-bond donors (Lipinski definition) is 4. The van der Waals surface area contributed by atoms with Crippen molar-refractivity contribution in [2.24, 2.45) is 0 Å². The highest BCUT2D eigenvalue weighted by Crippen LogP contribution is 2.30. The summed E-state index contributed by atoms with van der Waals surface area (Å²) < 4.78 is 0. The van der Waals surface area contributed by atoms with Crippen molar-refractivity contribution in [3.8, 4) is 11.8 Å². The zero-order valence-electron chi connectivity index (χ0n) is 13.1. The zero-order valence-corrected chi connectivity index (χ0v) is 13.1. The molecule has 0 unspecified atom stereocenters. The third-order valence-corrected chi connectivity index (χ3v) is 4.30. The summed E-state index contributed by atoms with van der Waals surface area (Å²) in [7, 11) is 2.13. The lowest BCUT2D eigenvalue weighted by Crippen LogP contribution is -3.12. The smallest absolute Gasteiger partial charge is 0.148 e. The van der Waals surface area contributed by atoms with Crippen LogP contribution in [0.3, 0.4) is 0 Å². The van der Waals surface area contributed by atoms with Gasteiger partial charge in [-0.3, -0.25) is 5.41 Å². The molecule has 0 aliphatic carbocycles. The van der Waals surface area contributed by atoms with Crippen molar-refractivity contribution in [3.05, 3.63) is 35.5 Å². The van der Waals surface area contributed by atoms with Crippen molar-refractivity contribution in [1.82, 2.24) is 9.88 Å². The predicted octanol–water partition coefficient (Wildman–Crippen LogP) is 0.588. The number of piperazine rings is 1. The first-order valence-electron chi connectivity index (χ1n) is 7.67. The molecule has 2 heterocycles. The van der Waals surface area contributed by atoms with E-state index in [9.17, 15) is 10.4 Å². The van der Waals surface area contributed by atoms with Crippen LogP contribution in [-0.2, 0) is 0 Å². The molecule has 2 aromatic rings. The lowest BCUT2D eigenvalue weighted by atomic mass is 10.1. The Morgan fingerprint density at radius 1 is 1.39 bits per heavy atom. The first-order chi connectivity index (χ1) is 11.1. The number of aromatic nitrogens is 1. The van der Waals surface area contributed by atoms with E-state index in [4.69, 9.17) is 5.41 Å². The maximum atomic E-state index is 10.3. The fourth-order valence-electron chi connectivity index (χ4n) is 2.83. The Hall–Kier alpha value is -2.78. The summed E-state index contributed by atoms with van der Waals surface area (Å²) in [4.78, 5) is 6.45. The standard InChI is InChI=1S/C17H19N5O/c1-21-6-8-22(9-7-21)17(19)12(11-18)10-15-16(23)13-4-2-3-5-14(13)20-15/h2-5,10,19-20,23H,6-9H2,1H3/p+1/b12-10+,19-17?. The van der Waals surface area contributed by atoms with Crippen molar-refractivity contribution < 1.29 is 10.0 Å². The number of hydrogen-bond acceptors (Lipinski definition) is 3. The number of quaternary nitrogens is 1. The number of nitriles is 1. The van der Waals surface area contributed by atoms with E-state index < -0.39 is 0 Å². The van der Waals surface area contributed by atoms with Gasteiger partial charge in [-0.25, -0.2) is 0 Å². The molecule has 118 valence electrons. The number of para-hydroxylation sites is 1. The van der Waals surface area contributed by atoms with Gasteiger partial charge in [-0.05, 0) is 18.2 Å². The Bertz CT molecular complexity index is 806. The molecule has 0 saturated carbocycles. The summed E-state index contributed by atoms with van der Waals surface area (Å²) in [5, 5.41) is 28.7. The number of fused-ring (bicyclic) bond motifs is 1. The van der Waals surface area contributed by atoms with Gasteiger partial charge in [-0.2, -0.15) is 5.26 Å². The second-order valence-electron chi connectivity index (χ2n) is 5.90. The van der Waals surface area contributed by atoms with E-state index in [-0.39, 0.29) is 17.2 Å². The number of nitrogens with zero attached hydrogens (tertiary/aromatic N) is 2. The van der Waals surface area contributed by atoms with Gasteiger partial charge in [0.2, 0.25) is 0 Å². The lowest BCUT2D eigenvalue weighted by Gasteiger charge is -2.31. The Kier molecular flexibility index (Phi) is 4.04. The molecule has 3 rings (SSSR count). The minimum Gasteiger partial charge on any atom is -0.505 e. The molecule has 1 saturated heterocycles. The van der Waals surface area contributed by atoms with Crippen LogP contribution in [-0.4, -0.2) is 54.1 Å². The van der Waals surface area contributed by atoms with Crippen molar-refractivity contribution in [3.63, 3.8) is 0 Å². The number of benzene rings is 1. The van der Waals surface area contributed by atoms with Crippen LogP contribution in [0.4, 0.5) is 0 Å². The van der Waals surface area contributed by atoms with Crippen LogP contribution in [0.5, 0.6) is 5.75 Å². The summed E-state index contributed by atoms with van der Waals surface area (Å²) in [6.07, 6.45) is 1.56. The van der Waals surface area contributed by atoms with E-state index in [0.717, 1.165) is 31.7 Å². The third kappa shape index (κ3) is 2.91. The van der Waals surface area contributed by atoms with E-state index >= 15 is 0 Å². The van der Waals surface area contributed by atoms with Gasteiger partial charge >= 0.3 is 0 Å². The number of aromatic amines is 1. The number of rotatable bonds is 2. The molecule has 0 amide bonds. The Morgan fingerprint density at radius 3 is 2.74 bits per heavy atom. The number of amidine groups is 1. The van der Waals surface area contributed by atoms with Crippen molar-refractivity contribution in [1.29, 1.82) is 10.7 Å². The molecule has 0 bridgehead atoms. The highest BCUT2D eigenvalue weighted by Gasteiger charge is 2.22. The molecule has 1 aliphatic heterocycles. The summed E-state index contributed by atoms with van der Waals surface area (Å²) >= 11 is 0. The maximum absolute atomic E-state index is 10.3. The first kappa shape index (κ1) is 15.1. The SMILES string of the molecule is C[NH+]1CCN(C(=N)/C(C#N)=C/c2[nH]c3ccccc3c2O)CC1. The average molecular weight is 310 g/mol. The third-order valence-electron chi connectivity index (χ3n) is 4.30. The minimum atomic E-state index is 0.115. The van der Waals surface area contributed by atoms with E-state index in [2.05, 4.69) is 18.1 Å². The molecule has 0 radical (unpaired) electrons. The molecule has 4 N–H and O–H groups in total. The molecule has 0 spiro atoms. The lowest BCUT2D eigenvalue weighted by molar-refractivity contribution is -0.883. The first-order valence-corrected chi connectivity index (χ1v) is 7.67. The fourth-order valence-corrected chi connectivity index (χ4v) is 2.83. The number of likely N-dealkylation sites (N-methyl/N-ethyl adjacent to an activating group) is 1. The molecule has 1 aromatic heterocycles. The van der Waals surface area contributed by atoms with Gasteiger partial charge in [-0.1, -0.05) is 12.1 Å². The fraction of sp³-hybridized carbons (Fsp3) is 0.294. The monoisotopic (exact) mass is 310 g/mol. The van der Waals surface area contributed by atoms with Crippen LogP contribution >= 0.6 is 0 Å². The highest BCUT2D eigenvalue weighted by atomic mass is 16.3. The van der Waals surface area contributed by atoms with Gasteiger partial charge in [0.15, 0.2) is 0 Å². The van der Waals surface area contributed by atoms with Gasteiger partial charge in [0.05, 0.1) is 44.5 Å². The second-order valence-corrected chi connectivity index (χ2v) is 5.90. The Labute approximate surface area is 134 Å². The maximum Gasteiger partial charge on any atom is 0.148 e. The van der Waals surface area contributed by atoms with Gasteiger partial charge in [0, 0.05) is 10.9 Å². The average Bonchev–Trinajstić information content (AvgIpc) is 2.89. The van der Waals surface area contributed by atoms with Crippen molar-refractivity contribution >= 4 is 22.8 Å². The molecule has 1 fully saturated rings. The number of aromatic hydroxyl groups is 1. The van der Waals surface area contributed by atoms with Crippen LogP contribution in [0.15, 0.2) is 29.8 Å². The largest absolute Gasteiger partial charge is 0.505 e. The second kappa shape index (κ2) is 6.15. The topological polar surface area (TPSA) is 91.3 Å². The molecular weight excluding hydrogens is 290 g/mol. The summed E-state index contributed by atoms with van der Waals surface area (Å²) in [6, 6.07) is 9.50. The van der Waals surface area contributed by atoms with Crippen LogP contribution in [0.2, 0.25) is 0 Å². The molecule has 1 aromatic carbocycles. The zero-order chi connectivity index (χ0) is 16.4. The predicted molar refractivity (Wildman–Crippen MR) is 89.5 cm³/mol. The summed E-state index contributed by atoms with van der Waals surface area (Å²) in [5.74, 6) is 0.335. The quantitative estimate of drug-likeness (QED) is 0.372. The van der Waals surface area contributed by atoms with E-state index in [1.165, 1.54) is 4.90 Å². The van der Waals surface area contributed by atoms with Gasteiger partial charge in [-0.15, -0.1) is 0 Å². The minimum absolute atomic E-state index is 0.115. The van der Waals surface area contributed by atoms with Crippen LogP contribution in [0.25, 0.3) is 17.0 Å². The van der Waals surface area contributed by atoms with E-state index in [1.807, 2.05) is 29.2 Å². The van der Waals surface area contributed by atoms with Crippen LogP contribution in [0.1, 0.15) is 5.69 Å². The molecule has 23 heavy (non-hydrogen) atoms. The van der Waals surface area contributed by atoms with E-state index in [1.54, 1.807) is 6.08 Å². The molecule has 0 atom stereocenters. The van der Waals surface area contributed by atoms with Gasteiger partial charge in [0.1, 0.15) is 17.7 Å². The van der Waals surface area contributed by atoms with Crippen molar-refractivity contribution in [2.45, 2.75) is 0 Å².